The van der Waals surface area contributed by atoms with E-state index in [1.807, 2.05) is 0 Å². The van der Waals surface area contributed by atoms with Gasteiger partial charge < -0.3 is 9.64 Å². The van der Waals surface area contributed by atoms with Crippen molar-refractivity contribution in [2.45, 2.75) is 31.0 Å². The fraction of sp³-hybridized carbons (Fsp3) is 0.318. The Morgan fingerprint density at radius 3 is 2.44 bits per heavy atom. The number of carbonyl (C=O) groups excluding carboxylic acids is 3. The molecule has 0 aromatic heterocycles. The van der Waals surface area contributed by atoms with Crippen molar-refractivity contribution in [1.29, 1.82) is 0 Å². The van der Waals surface area contributed by atoms with Crippen LogP contribution in [0, 0.1) is 0 Å². The number of halogens is 4. The van der Waals surface area contributed by atoms with Crippen molar-refractivity contribution in [3.05, 3.63) is 53.1 Å². The average Bonchev–Trinajstić information content (AvgIpc) is 2.74. The molecule has 0 radical (unpaired) electrons. The summed E-state index contributed by atoms with van der Waals surface area (Å²) in [6.45, 7) is -1.26. The van der Waals surface area contributed by atoms with Gasteiger partial charge in [-0.3, -0.25) is 19.7 Å². The number of carbonyl (C=O) groups is 3. The first-order chi connectivity index (χ1) is 15.1. The molecule has 10 heteroatoms. The van der Waals surface area contributed by atoms with Crippen LogP contribution in [0.25, 0.3) is 11.1 Å². The van der Waals surface area contributed by atoms with Crippen molar-refractivity contribution >= 4 is 35.0 Å². The number of hydrogen-bond acceptors (Lipinski definition) is 4. The molecule has 3 amide bonds. The molecule has 0 spiro atoms. The molecule has 32 heavy (non-hydrogen) atoms. The predicted molar refractivity (Wildman–Crippen MR) is 110 cm³/mol. The third-order valence-corrected chi connectivity index (χ3v) is 5.98. The van der Waals surface area contributed by atoms with E-state index >= 15 is 0 Å². The normalized spacial score (nSPS) is 22.1. The van der Waals surface area contributed by atoms with Crippen LogP contribution in [-0.2, 0) is 19.1 Å². The minimum absolute atomic E-state index is 0.220. The van der Waals surface area contributed by atoms with E-state index in [2.05, 4.69) is 10.1 Å². The summed E-state index contributed by atoms with van der Waals surface area (Å²) in [5, 5.41) is 2.67. The maximum Gasteiger partial charge on any atom is 0.416 e. The van der Waals surface area contributed by atoms with Gasteiger partial charge in [0, 0.05) is 17.7 Å². The fourth-order valence-electron chi connectivity index (χ4n) is 3.87. The maximum atomic E-state index is 13.0. The standard InChI is InChI=1S/C22H18ClF3N2O4/c23-20-14(2-1-3-15(20)16-8-9-18(29)27-21(16)31)12-4-6-13(7-5-12)28-10-17(22(24,25)26)32-11-19(28)30/h1-7,16-17H,8-11H2,(H,27,29,31). The Morgan fingerprint density at radius 2 is 1.78 bits per heavy atom. The number of alkyl halides is 3. The van der Waals surface area contributed by atoms with E-state index in [9.17, 15) is 27.6 Å². The number of piperidine rings is 1. The molecule has 0 aliphatic carbocycles. The molecule has 2 aliphatic heterocycles. The van der Waals surface area contributed by atoms with Crippen LogP contribution in [0.15, 0.2) is 42.5 Å². The van der Waals surface area contributed by atoms with E-state index in [0.29, 0.717) is 33.8 Å². The van der Waals surface area contributed by atoms with Gasteiger partial charge in [0.1, 0.15) is 6.61 Å². The zero-order valence-electron chi connectivity index (χ0n) is 16.6. The third kappa shape index (κ3) is 4.35. The van der Waals surface area contributed by atoms with Gasteiger partial charge in [0.05, 0.1) is 17.5 Å². The molecule has 2 aliphatic rings. The molecule has 0 bridgehead atoms. The van der Waals surface area contributed by atoms with Crippen molar-refractivity contribution in [1.82, 2.24) is 5.32 Å². The molecule has 0 saturated carbocycles. The van der Waals surface area contributed by atoms with Crippen molar-refractivity contribution < 1.29 is 32.3 Å². The SMILES string of the molecule is O=C1CCC(c2cccc(-c3ccc(N4CC(C(F)(F)F)OCC4=O)cc3)c2Cl)C(=O)N1. The van der Waals surface area contributed by atoms with Gasteiger partial charge in [0.15, 0.2) is 6.10 Å². The Morgan fingerprint density at radius 1 is 1.06 bits per heavy atom. The Bertz CT molecular complexity index is 1070. The van der Waals surface area contributed by atoms with E-state index in [-0.39, 0.29) is 12.3 Å². The second kappa shape index (κ2) is 8.55. The Labute approximate surface area is 186 Å². The second-order valence-electron chi connectivity index (χ2n) is 7.60. The third-order valence-electron chi connectivity index (χ3n) is 5.56. The van der Waals surface area contributed by atoms with Gasteiger partial charge in [-0.1, -0.05) is 41.9 Å². The van der Waals surface area contributed by atoms with Gasteiger partial charge in [0.2, 0.25) is 11.8 Å². The second-order valence-corrected chi connectivity index (χ2v) is 7.98. The van der Waals surface area contributed by atoms with Crippen molar-refractivity contribution in [2.24, 2.45) is 0 Å². The van der Waals surface area contributed by atoms with Gasteiger partial charge in [-0.05, 0) is 29.7 Å². The van der Waals surface area contributed by atoms with E-state index in [1.54, 1.807) is 42.5 Å². The van der Waals surface area contributed by atoms with Crippen LogP contribution in [0.2, 0.25) is 5.02 Å². The Balaban J connectivity index is 1.59. The molecule has 2 aromatic rings. The average molecular weight is 467 g/mol. The quantitative estimate of drug-likeness (QED) is 0.698. The predicted octanol–water partition coefficient (Wildman–Crippen LogP) is 3.82. The number of nitrogens with one attached hydrogen (secondary N) is 1. The number of nitrogens with zero attached hydrogens (tertiary/aromatic N) is 1. The largest absolute Gasteiger partial charge is 0.416 e. The van der Waals surface area contributed by atoms with Crippen LogP contribution in [0.1, 0.15) is 24.3 Å². The van der Waals surface area contributed by atoms with Gasteiger partial charge in [-0.25, -0.2) is 0 Å². The maximum absolute atomic E-state index is 13.0. The number of ether oxygens (including phenoxy) is 1. The van der Waals surface area contributed by atoms with Gasteiger partial charge in [-0.15, -0.1) is 0 Å². The van der Waals surface area contributed by atoms with Crippen LogP contribution in [0.4, 0.5) is 18.9 Å². The van der Waals surface area contributed by atoms with Gasteiger partial charge in [0.25, 0.3) is 5.91 Å². The first-order valence-corrected chi connectivity index (χ1v) is 10.2. The Kier molecular flexibility index (Phi) is 5.96. The summed E-state index contributed by atoms with van der Waals surface area (Å²) in [7, 11) is 0. The molecule has 6 nitrogen and oxygen atoms in total. The lowest BCUT2D eigenvalue weighted by Crippen LogP contribution is -2.52. The monoisotopic (exact) mass is 466 g/mol. The minimum Gasteiger partial charge on any atom is -0.357 e. The number of anilines is 1. The first kappa shape index (κ1) is 22.3. The summed E-state index contributed by atoms with van der Waals surface area (Å²) in [6, 6.07) is 11.6. The molecule has 2 atom stereocenters. The highest BCUT2D eigenvalue weighted by atomic mass is 35.5. The smallest absolute Gasteiger partial charge is 0.357 e. The number of amides is 3. The Hall–Kier alpha value is -2.91. The van der Waals surface area contributed by atoms with Gasteiger partial charge >= 0.3 is 6.18 Å². The molecule has 2 aromatic carbocycles. The molecular formula is C22H18ClF3N2O4. The fourth-order valence-corrected chi connectivity index (χ4v) is 4.24. The number of benzene rings is 2. The lowest BCUT2D eigenvalue weighted by atomic mass is 9.88. The lowest BCUT2D eigenvalue weighted by molar-refractivity contribution is -0.221. The highest BCUT2D eigenvalue weighted by Gasteiger charge is 2.45. The molecule has 2 saturated heterocycles. The molecule has 1 N–H and O–H groups in total. The summed E-state index contributed by atoms with van der Waals surface area (Å²) in [5.74, 6) is -1.83. The van der Waals surface area contributed by atoms with E-state index < -0.39 is 43.2 Å². The highest BCUT2D eigenvalue weighted by Crippen LogP contribution is 2.38. The molecular weight excluding hydrogens is 449 g/mol. The van der Waals surface area contributed by atoms with E-state index in [4.69, 9.17) is 11.6 Å². The topological polar surface area (TPSA) is 75.7 Å². The van der Waals surface area contributed by atoms with Crippen LogP contribution in [0.5, 0.6) is 0 Å². The minimum atomic E-state index is -4.57. The molecule has 168 valence electrons. The van der Waals surface area contributed by atoms with Crippen molar-refractivity contribution in [2.75, 3.05) is 18.1 Å². The van der Waals surface area contributed by atoms with E-state index in [0.717, 1.165) is 4.90 Å². The molecule has 2 unspecified atom stereocenters. The lowest BCUT2D eigenvalue weighted by Gasteiger charge is -2.33. The van der Waals surface area contributed by atoms with Crippen molar-refractivity contribution in [3.8, 4) is 11.1 Å². The zero-order chi connectivity index (χ0) is 23.0. The zero-order valence-corrected chi connectivity index (χ0v) is 17.4. The van der Waals surface area contributed by atoms with Crippen LogP contribution < -0.4 is 10.2 Å². The number of rotatable bonds is 3. The highest BCUT2D eigenvalue weighted by molar-refractivity contribution is 6.34. The molecule has 2 heterocycles. The first-order valence-electron chi connectivity index (χ1n) is 9.86. The summed E-state index contributed by atoms with van der Waals surface area (Å²) < 4.78 is 43.6. The van der Waals surface area contributed by atoms with Crippen LogP contribution in [-0.4, -0.2) is 43.2 Å². The summed E-state index contributed by atoms with van der Waals surface area (Å²) in [4.78, 5) is 36.8. The van der Waals surface area contributed by atoms with Crippen LogP contribution in [0.3, 0.4) is 0 Å². The van der Waals surface area contributed by atoms with Gasteiger partial charge in [-0.2, -0.15) is 13.2 Å². The molecule has 4 rings (SSSR count). The van der Waals surface area contributed by atoms with Crippen molar-refractivity contribution in [3.63, 3.8) is 0 Å². The molecule has 2 fully saturated rings. The summed E-state index contributed by atoms with van der Waals surface area (Å²) in [5.41, 5.74) is 2.20. The number of imide groups is 1. The number of morpholine rings is 1. The summed E-state index contributed by atoms with van der Waals surface area (Å²) >= 11 is 6.59. The van der Waals surface area contributed by atoms with E-state index in [1.165, 1.54) is 0 Å². The number of hydrogen-bond donors (Lipinski definition) is 1. The van der Waals surface area contributed by atoms with Crippen LogP contribution >= 0.6 is 11.6 Å². The summed E-state index contributed by atoms with van der Waals surface area (Å²) in [6.07, 6.45) is -6.03.